The van der Waals surface area contributed by atoms with Gasteiger partial charge in [0.25, 0.3) is 0 Å². The first-order valence-electron chi connectivity index (χ1n) is 9.07. The van der Waals surface area contributed by atoms with Crippen LogP contribution in [-0.4, -0.2) is 35.7 Å². The van der Waals surface area contributed by atoms with Gasteiger partial charge in [0.15, 0.2) is 6.79 Å². The highest BCUT2D eigenvalue weighted by Gasteiger charge is 2.16. The van der Waals surface area contributed by atoms with Gasteiger partial charge in [-0.15, -0.1) is 0 Å². The highest BCUT2D eigenvalue weighted by Crippen LogP contribution is 2.29. The minimum Gasteiger partial charge on any atom is -0.467 e. The van der Waals surface area contributed by atoms with E-state index in [1.165, 1.54) is 12.1 Å². The average molecular weight is 376 g/mol. The lowest BCUT2D eigenvalue weighted by molar-refractivity contribution is -0.0172. The fourth-order valence-electron chi connectivity index (χ4n) is 3.15. The molecule has 2 amide bonds. The summed E-state index contributed by atoms with van der Waals surface area (Å²) >= 11 is 0. The van der Waals surface area contributed by atoms with Crippen LogP contribution in [0.1, 0.15) is 28.9 Å². The molecule has 1 aromatic carbocycles. The van der Waals surface area contributed by atoms with Crippen LogP contribution in [0.5, 0.6) is 5.75 Å². The Morgan fingerprint density at radius 2 is 2.07 bits per heavy atom. The number of benzene rings is 1. The molecule has 0 saturated carbocycles. The lowest BCUT2D eigenvalue weighted by Crippen LogP contribution is -2.37. The summed E-state index contributed by atoms with van der Waals surface area (Å²) < 4.78 is 26.3. The summed E-state index contributed by atoms with van der Waals surface area (Å²) in [5.41, 5.74) is 3.54. The van der Waals surface area contributed by atoms with E-state index in [0.717, 1.165) is 29.9 Å². The van der Waals surface area contributed by atoms with Crippen molar-refractivity contribution in [2.45, 2.75) is 39.8 Å². The number of hydrogen-bond donors (Lipinski definition) is 2. The molecule has 1 aliphatic heterocycles. The topological polar surface area (TPSA) is 77.4 Å². The number of ether oxygens (including phenoxy) is 2. The molecule has 0 atom stereocenters. The van der Waals surface area contributed by atoms with Gasteiger partial charge >= 0.3 is 6.03 Å². The second-order valence-corrected chi connectivity index (χ2v) is 6.60. The van der Waals surface area contributed by atoms with Gasteiger partial charge in [-0.3, -0.25) is 4.68 Å². The molecule has 2 N–H and O–H groups in total. The van der Waals surface area contributed by atoms with Crippen LogP contribution < -0.4 is 15.4 Å². The fraction of sp³-hybridized carbons (Fsp3) is 0.474. The number of carbonyl (C=O) groups excluding carboxylic acids is 1. The third-order valence-corrected chi connectivity index (χ3v) is 4.37. The number of nitrogens with one attached hydrogen (secondary N) is 2. The average Bonchev–Trinajstić information content (AvgIpc) is 2.96. The number of aryl methyl sites for hydroxylation is 3. The smallest absolute Gasteiger partial charge is 0.314 e. The quantitative estimate of drug-likeness (QED) is 0.728. The van der Waals surface area contributed by atoms with Crippen LogP contribution in [-0.2, 0) is 24.3 Å². The maximum absolute atomic E-state index is 13.7. The van der Waals surface area contributed by atoms with E-state index in [2.05, 4.69) is 15.7 Å². The molecule has 0 fully saturated rings. The Bertz CT molecular complexity index is 806. The van der Waals surface area contributed by atoms with E-state index < -0.39 is 0 Å². The number of halogens is 1. The Labute approximate surface area is 157 Å². The lowest BCUT2D eigenvalue weighted by atomic mass is 10.1. The molecule has 1 aromatic heterocycles. The van der Waals surface area contributed by atoms with Crippen molar-refractivity contribution < 1.29 is 18.7 Å². The first-order chi connectivity index (χ1) is 13.0. The normalized spacial score (nSPS) is 13.0. The Morgan fingerprint density at radius 1 is 1.26 bits per heavy atom. The molecule has 27 heavy (non-hydrogen) atoms. The van der Waals surface area contributed by atoms with E-state index in [9.17, 15) is 9.18 Å². The van der Waals surface area contributed by atoms with Gasteiger partial charge in [0, 0.05) is 30.9 Å². The highest BCUT2D eigenvalue weighted by atomic mass is 19.1. The zero-order chi connectivity index (χ0) is 19.2. The molecule has 1 aliphatic rings. The largest absolute Gasteiger partial charge is 0.467 e. The Kier molecular flexibility index (Phi) is 6.28. The molecule has 0 radical (unpaired) electrons. The molecule has 146 valence electrons. The van der Waals surface area contributed by atoms with Crippen LogP contribution in [0.4, 0.5) is 9.18 Å². The summed E-state index contributed by atoms with van der Waals surface area (Å²) in [5.74, 6) is 0.334. The summed E-state index contributed by atoms with van der Waals surface area (Å²) in [6.45, 7) is 6.18. The number of fused-ring (bicyclic) bond motifs is 1. The highest BCUT2D eigenvalue weighted by molar-refractivity contribution is 5.73. The second kappa shape index (κ2) is 8.85. The van der Waals surface area contributed by atoms with Crippen LogP contribution in [0, 0.1) is 19.7 Å². The van der Waals surface area contributed by atoms with E-state index in [1.807, 2.05) is 24.6 Å². The van der Waals surface area contributed by atoms with Crippen LogP contribution in [0.25, 0.3) is 0 Å². The molecule has 7 nitrogen and oxygen atoms in total. The van der Waals surface area contributed by atoms with Crippen molar-refractivity contribution in [2.24, 2.45) is 0 Å². The molecule has 8 heteroatoms. The van der Waals surface area contributed by atoms with E-state index in [4.69, 9.17) is 9.47 Å². The fourth-order valence-corrected chi connectivity index (χ4v) is 3.15. The molecular formula is C19H25FN4O3. The summed E-state index contributed by atoms with van der Waals surface area (Å²) in [7, 11) is 0. The molecule has 2 heterocycles. The molecular weight excluding hydrogens is 351 g/mol. The minimum atomic E-state index is -0.327. The van der Waals surface area contributed by atoms with E-state index in [0.29, 0.717) is 37.4 Å². The molecule has 0 aliphatic carbocycles. The number of nitrogens with zero attached hydrogens (tertiary/aromatic N) is 2. The summed E-state index contributed by atoms with van der Waals surface area (Å²) in [5, 5.41) is 10.0. The van der Waals surface area contributed by atoms with Gasteiger partial charge in [-0.2, -0.15) is 5.10 Å². The first kappa shape index (κ1) is 19.2. The zero-order valence-corrected chi connectivity index (χ0v) is 15.7. The van der Waals surface area contributed by atoms with Gasteiger partial charge in [0.1, 0.15) is 11.6 Å². The van der Waals surface area contributed by atoms with Crippen LogP contribution >= 0.6 is 0 Å². The number of hydrogen-bond acceptors (Lipinski definition) is 4. The monoisotopic (exact) mass is 376 g/mol. The predicted molar refractivity (Wildman–Crippen MR) is 98.1 cm³/mol. The van der Waals surface area contributed by atoms with Crippen molar-refractivity contribution in [1.29, 1.82) is 0 Å². The number of aromatic nitrogens is 2. The minimum absolute atomic E-state index is 0.162. The van der Waals surface area contributed by atoms with E-state index in [1.54, 1.807) is 0 Å². The van der Waals surface area contributed by atoms with E-state index >= 15 is 0 Å². The third kappa shape index (κ3) is 5.19. The molecule has 3 rings (SSSR count). The van der Waals surface area contributed by atoms with Crippen LogP contribution in [0.3, 0.4) is 0 Å². The lowest BCUT2D eigenvalue weighted by Gasteiger charge is -2.21. The number of urea groups is 1. The summed E-state index contributed by atoms with van der Waals surface area (Å²) in [6.07, 6.45) is 1.28. The maximum atomic E-state index is 13.7. The second-order valence-electron chi connectivity index (χ2n) is 6.60. The van der Waals surface area contributed by atoms with Crippen molar-refractivity contribution >= 4 is 6.03 Å². The Balaban J connectivity index is 1.39. The van der Waals surface area contributed by atoms with Crippen molar-refractivity contribution in [1.82, 2.24) is 20.4 Å². The van der Waals surface area contributed by atoms with Gasteiger partial charge in [-0.25, -0.2) is 9.18 Å². The SMILES string of the molecule is Cc1cc(C)n(CCCNC(=O)NCCc2cc(F)cc3c2OCOC3)n1. The molecule has 2 aromatic rings. The van der Waals surface area contributed by atoms with Gasteiger partial charge in [0.05, 0.1) is 12.3 Å². The van der Waals surface area contributed by atoms with Crippen molar-refractivity contribution in [3.63, 3.8) is 0 Å². The van der Waals surface area contributed by atoms with Crippen molar-refractivity contribution in [2.75, 3.05) is 19.9 Å². The van der Waals surface area contributed by atoms with Crippen LogP contribution in [0.2, 0.25) is 0 Å². The molecule has 0 unspecified atom stereocenters. The number of carbonyl (C=O) groups is 1. The predicted octanol–water partition coefficient (Wildman–Crippen LogP) is 2.44. The number of amides is 2. The van der Waals surface area contributed by atoms with Crippen molar-refractivity contribution in [3.05, 3.63) is 46.5 Å². The maximum Gasteiger partial charge on any atom is 0.314 e. The van der Waals surface area contributed by atoms with Crippen molar-refractivity contribution in [3.8, 4) is 5.75 Å². The Hall–Kier alpha value is -2.61. The molecule has 0 bridgehead atoms. The number of rotatable bonds is 7. The zero-order valence-electron chi connectivity index (χ0n) is 15.7. The standard InChI is InChI=1S/C19H25FN4O3/c1-13-8-14(2)24(23-13)7-3-5-21-19(25)22-6-4-15-9-17(20)10-16-11-26-12-27-18(15)16/h8-10H,3-7,11-12H2,1-2H3,(H2,21,22,25). The van der Waals surface area contributed by atoms with Crippen LogP contribution in [0.15, 0.2) is 18.2 Å². The summed E-state index contributed by atoms with van der Waals surface area (Å²) in [6, 6.07) is 4.65. The Morgan fingerprint density at radius 3 is 2.85 bits per heavy atom. The molecule has 0 saturated heterocycles. The summed E-state index contributed by atoms with van der Waals surface area (Å²) in [4.78, 5) is 11.9. The third-order valence-electron chi connectivity index (χ3n) is 4.37. The van der Waals surface area contributed by atoms with Gasteiger partial charge in [-0.05, 0) is 50.5 Å². The van der Waals surface area contributed by atoms with Gasteiger partial charge < -0.3 is 20.1 Å². The van der Waals surface area contributed by atoms with Gasteiger partial charge in [-0.1, -0.05) is 0 Å². The van der Waals surface area contributed by atoms with Gasteiger partial charge in [0.2, 0.25) is 0 Å². The van der Waals surface area contributed by atoms with E-state index in [-0.39, 0.29) is 18.6 Å². The molecule has 0 spiro atoms. The first-order valence-corrected chi connectivity index (χ1v) is 9.07.